The van der Waals surface area contributed by atoms with Crippen molar-refractivity contribution in [3.05, 3.63) is 0 Å². The van der Waals surface area contributed by atoms with E-state index in [1.54, 1.807) is 0 Å². The van der Waals surface area contributed by atoms with E-state index in [1.807, 2.05) is 0 Å². The van der Waals surface area contributed by atoms with E-state index in [1.165, 1.54) is 0 Å². The van der Waals surface area contributed by atoms with Gasteiger partial charge in [-0.1, -0.05) is 0 Å². The van der Waals surface area contributed by atoms with Crippen LogP contribution in [-0.2, 0) is 33.2 Å². The summed E-state index contributed by atoms with van der Waals surface area (Å²) in [5, 5.41) is 98.6. The van der Waals surface area contributed by atoms with Crippen LogP contribution in [0.5, 0.6) is 0 Å². The van der Waals surface area contributed by atoms with Gasteiger partial charge in [-0.3, -0.25) is 0 Å². The average Bonchev–Trinajstić information content (AvgIpc) is 3.52. The van der Waals surface area contributed by atoms with E-state index in [2.05, 4.69) is 0 Å². The Morgan fingerprint density at radius 3 is 1.43 bits per heavy atom. The molecular formula is C20H34O17. The minimum absolute atomic E-state index is 0.428. The largest absolute Gasteiger partial charge is 0.394 e. The minimum Gasteiger partial charge on any atom is -0.394 e. The molecule has 17 nitrogen and oxygen atoms in total. The van der Waals surface area contributed by atoms with Gasteiger partial charge >= 0.3 is 0 Å². The lowest BCUT2D eigenvalue weighted by molar-refractivity contribution is -0.228. The van der Waals surface area contributed by atoms with Crippen molar-refractivity contribution in [2.75, 3.05) is 26.4 Å². The summed E-state index contributed by atoms with van der Waals surface area (Å²) in [6.45, 7) is -2.06. The lowest BCUT2D eigenvalue weighted by Gasteiger charge is -2.26. The second-order valence-corrected chi connectivity index (χ2v) is 9.26. The van der Waals surface area contributed by atoms with Crippen LogP contribution < -0.4 is 0 Å². The minimum atomic E-state index is -1.64. The van der Waals surface area contributed by atoms with Crippen LogP contribution in [0.15, 0.2) is 0 Å². The Balaban J connectivity index is 1.41. The lowest BCUT2D eigenvalue weighted by atomic mass is 10.1. The molecule has 0 aromatic carbocycles. The van der Waals surface area contributed by atoms with Gasteiger partial charge in [0.05, 0.1) is 26.4 Å². The summed E-state index contributed by atoms with van der Waals surface area (Å²) < 4.78 is 37.8. The van der Waals surface area contributed by atoms with Gasteiger partial charge in [-0.15, -0.1) is 0 Å². The predicted molar refractivity (Wildman–Crippen MR) is 110 cm³/mol. The fourth-order valence-electron chi connectivity index (χ4n) is 4.53. The van der Waals surface area contributed by atoms with Gasteiger partial charge in [-0.05, 0) is 0 Å². The van der Waals surface area contributed by atoms with E-state index in [0.29, 0.717) is 0 Å². The third kappa shape index (κ3) is 5.93. The van der Waals surface area contributed by atoms with Crippen LogP contribution in [0.1, 0.15) is 0 Å². The second kappa shape index (κ2) is 12.2. The van der Waals surface area contributed by atoms with E-state index in [-0.39, 0.29) is 0 Å². The molecule has 0 aliphatic carbocycles. The van der Waals surface area contributed by atoms with Crippen LogP contribution in [0.3, 0.4) is 0 Å². The highest BCUT2D eigenvalue weighted by molar-refractivity contribution is 4.94. The number of ether oxygens (including phenoxy) is 7. The van der Waals surface area contributed by atoms with Gasteiger partial charge in [-0.2, -0.15) is 0 Å². The monoisotopic (exact) mass is 546 g/mol. The Morgan fingerprint density at radius 1 is 0.459 bits per heavy atom. The molecule has 10 N–H and O–H groups in total. The third-order valence-corrected chi connectivity index (χ3v) is 6.77. The maximum Gasteiger partial charge on any atom is 0.187 e. The van der Waals surface area contributed by atoms with Gasteiger partial charge < -0.3 is 84.2 Å². The van der Waals surface area contributed by atoms with Crippen molar-refractivity contribution in [1.29, 1.82) is 0 Å². The Labute approximate surface area is 209 Å². The highest BCUT2D eigenvalue weighted by atomic mass is 16.8. The zero-order valence-electron chi connectivity index (χ0n) is 19.4. The van der Waals surface area contributed by atoms with Crippen molar-refractivity contribution in [3.8, 4) is 0 Å². The standard InChI is InChI=1S/C20H34O17/c21-1-5-9(23)13(27)18(34-5)32-4-8-16(37-20-14(28)10(24)6(2-22)35-20)15(29)19(36-8)31-3-7-11(25)12(26)17(30)33-7/h5-30H,1-4H2/t5-,6-,7+,8-,9-,10-,11+,12-,13+,14+,15+,16-,17?,18+,19+,20-/m1/s1. The smallest absolute Gasteiger partial charge is 0.187 e. The van der Waals surface area contributed by atoms with Crippen LogP contribution in [0.25, 0.3) is 0 Å². The van der Waals surface area contributed by atoms with Crippen molar-refractivity contribution >= 4 is 0 Å². The van der Waals surface area contributed by atoms with Gasteiger partial charge in [0.1, 0.15) is 73.2 Å². The Bertz CT molecular complexity index is 731. The summed E-state index contributed by atoms with van der Waals surface area (Å²) in [6.07, 6.45) is -22.5. The maximum absolute atomic E-state index is 10.8. The summed E-state index contributed by atoms with van der Waals surface area (Å²) in [7, 11) is 0. The first kappa shape index (κ1) is 29.3. The van der Waals surface area contributed by atoms with Gasteiger partial charge in [-0.25, -0.2) is 0 Å². The molecule has 37 heavy (non-hydrogen) atoms. The first-order chi connectivity index (χ1) is 17.6. The highest BCUT2D eigenvalue weighted by Crippen LogP contribution is 2.32. The lowest BCUT2D eigenvalue weighted by Crippen LogP contribution is -2.44. The Morgan fingerprint density at radius 2 is 0.919 bits per heavy atom. The number of hydrogen-bond acceptors (Lipinski definition) is 17. The summed E-state index contributed by atoms with van der Waals surface area (Å²) >= 11 is 0. The molecule has 0 aromatic heterocycles. The van der Waals surface area contributed by atoms with Crippen LogP contribution in [0.4, 0.5) is 0 Å². The number of hydrogen-bond donors (Lipinski definition) is 10. The molecule has 4 aliphatic heterocycles. The fourth-order valence-corrected chi connectivity index (χ4v) is 4.53. The molecule has 1 unspecified atom stereocenters. The third-order valence-electron chi connectivity index (χ3n) is 6.77. The van der Waals surface area contributed by atoms with E-state index in [9.17, 15) is 51.1 Å². The maximum atomic E-state index is 10.8. The average molecular weight is 546 g/mol. The number of aliphatic hydroxyl groups is 10. The molecule has 4 aliphatic rings. The zero-order chi connectivity index (χ0) is 27.0. The van der Waals surface area contributed by atoms with Gasteiger partial charge in [0.25, 0.3) is 0 Å². The molecule has 4 rings (SSSR count). The molecule has 17 heteroatoms. The molecule has 4 saturated heterocycles. The van der Waals surface area contributed by atoms with Crippen molar-refractivity contribution in [1.82, 2.24) is 0 Å². The SMILES string of the molecule is OC[C@H]1O[C@H](OC[C@H]2O[C@H](OC[C@@H]3OC(O)[C@H](O)[C@H]3O)[C@@H](O)[C@@H]2O[C@H]2O[C@H](CO)[C@@H](O)[C@@H]2O)[C@@H](O)[C@@H]1O. The summed E-state index contributed by atoms with van der Waals surface area (Å²) in [5.41, 5.74) is 0. The Hall–Kier alpha value is -0.680. The Kier molecular flexibility index (Phi) is 9.69. The molecule has 16 atom stereocenters. The fraction of sp³-hybridized carbons (Fsp3) is 1.00. The summed E-state index contributed by atoms with van der Waals surface area (Å²) in [5.74, 6) is 0. The first-order valence-corrected chi connectivity index (χ1v) is 11.7. The molecule has 0 saturated carbocycles. The molecular weight excluding hydrogens is 512 g/mol. The van der Waals surface area contributed by atoms with E-state index in [0.717, 1.165) is 0 Å². The van der Waals surface area contributed by atoms with Crippen LogP contribution >= 0.6 is 0 Å². The van der Waals surface area contributed by atoms with Crippen LogP contribution in [0, 0.1) is 0 Å². The number of rotatable bonds is 10. The van der Waals surface area contributed by atoms with Crippen molar-refractivity contribution in [3.63, 3.8) is 0 Å². The molecule has 4 heterocycles. The topological polar surface area (TPSA) is 267 Å². The van der Waals surface area contributed by atoms with E-state index < -0.39 is 125 Å². The predicted octanol–water partition coefficient (Wildman–Crippen LogP) is -7.19. The van der Waals surface area contributed by atoms with E-state index >= 15 is 0 Å². The van der Waals surface area contributed by atoms with Crippen molar-refractivity contribution in [2.24, 2.45) is 0 Å². The van der Waals surface area contributed by atoms with Gasteiger partial charge in [0.2, 0.25) is 0 Å². The van der Waals surface area contributed by atoms with Crippen molar-refractivity contribution < 1.29 is 84.2 Å². The summed E-state index contributed by atoms with van der Waals surface area (Å²) in [6, 6.07) is 0. The first-order valence-electron chi connectivity index (χ1n) is 11.7. The number of aliphatic hydroxyl groups excluding tert-OH is 10. The molecule has 0 radical (unpaired) electrons. The molecule has 0 spiro atoms. The molecule has 4 fully saturated rings. The van der Waals surface area contributed by atoms with Crippen LogP contribution in [-0.4, -0.2) is 176 Å². The second-order valence-electron chi connectivity index (χ2n) is 9.26. The van der Waals surface area contributed by atoms with Gasteiger partial charge in [0, 0.05) is 0 Å². The molecule has 0 amide bonds. The van der Waals surface area contributed by atoms with Crippen LogP contribution in [0.2, 0.25) is 0 Å². The zero-order valence-corrected chi connectivity index (χ0v) is 19.4. The van der Waals surface area contributed by atoms with E-state index in [4.69, 9.17) is 33.2 Å². The summed E-state index contributed by atoms with van der Waals surface area (Å²) in [4.78, 5) is 0. The van der Waals surface area contributed by atoms with Gasteiger partial charge in [0.15, 0.2) is 25.2 Å². The normalized spacial score (nSPS) is 52.4. The molecule has 0 bridgehead atoms. The van der Waals surface area contributed by atoms with Crippen molar-refractivity contribution in [2.45, 2.75) is 98.4 Å². The quantitative estimate of drug-likeness (QED) is 0.122. The molecule has 216 valence electrons. The highest BCUT2D eigenvalue weighted by Gasteiger charge is 2.52. The molecule has 0 aromatic rings.